The van der Waals surface area contributed by atoms with Gasteiger partial charge in [-0.15, -0.1) is 0 Å². The van der Waals surface area contributed by atoms with Crippen molar-refractivity contribution in [3.05, 3.63) is 11.0 Å². The van der Waals surface area contributed by atoms with Gasteiger partial charge in [0.15, 0.2) is 0 Å². The third kappa shape index (κ3) is 2.08. The van der Waals surface area contributed by atoms with Gasteiger partial charge in [0, 0.05) is 1.43 Å². The zero-order chi connectivity index (χ0) is 8.43. The number of carbonyl (C=O) groups is 2. The summed E-state index contributed by atoms with van der Waals surface area (Å²) in [4.78, 5) is 22.1. The molecule has 0 unspecified atom stereocenters. The molecule has 0 bridgehead atoms. The van der Waals surface area contributed by atoms with Crippen molar-refractivity contribution < 1.29 is 11.0 Å². The van der Waals surface area contributed by atoms with E-state index in [1.54, 1.807) is 6.08 Å². The highest BCUT2D eigenvalue weighted by atomic mass is 32.2. The number of rotatable bonds is 1. The van der Waals surface area contributed by atoms with E-state index in [1.807, 2.05) is 13.8 Å². The molecule has 0 aromatic carbocycles. The molecule has 1 rings (SSSR count). The molecule has 1 aliphatic heterocycles. The van der Waals surface area contributed by atoms with Gasteiger partial charge in [-0.25, -0.2) is 0 Å². The van der Waals surface area contributed by atoms with Crippen LogP contribution in [0.1, 0.15) is 15.3 Å². The van der Waals surface area contributed by atoms with Crippen molar-refractivity contribution in [2.24, 2.45) is 5.92 Å². The van der Waals surface area contributed by atoms with E-state index in [0.29, 0.717) is 10.8 Å². The van der Waals surface area contributed by atoms with Crippen molar-refractivity contribution in [3.8, 4) is 0 Å². The molecule has 62 valence electrons. The van der Waals surface area contributed by atoms with Crippen LogP contribution in [0.25, 0.3) is 0 Å². The molecule has 2 amide bonds. The molecule has 1 saturated heterocycles. The molecule has 0 saturated carbocycles. The fraction of sp³-hybridized carbons (Fsp3) is 0.429. The highest BCUT2D eigenvalue weighted by Gasteiger charge is 2.24. The molecule has 1 heterocycles. The second-order valence-corrected chi connectivity index (χ2v) is 3.63. The lowest BCUT2D eigenvalue weighted by atomic mass is 10.2. The van der Waals surface area contributed by atoms with E-state index in [4.69, 9.17) is 0 Å². The summed E-state index contributed by atoms with van der Waals surface area (Å²) in [6.45, 7) is 3.92. The van der Waals surface area contributed by atoms with Crippen LogP contribution >= 0.6 is 11.8 Å². The van der Waals surface area contributed by atoms with Crippen molar-refractivity contribution in [1.82, 2.24) is 5.32 Å². The second-order valence-electron chi connectivity index (χ2n) is 2.62. The minimum atomic E-state index is -0.276. The van der Waals surface area contributed by atoms with Gasteiger partial charge in [-0.2, -0.15) is 0 Å². The lowest BCUT2D eigenvalue weighted by Gasteiger charge is -1.94. The van der Waals surface area contributed by atoms with Crippen LogP contribution in [0.3, 0.4) is 0 Å². The average Bonchev–Trinajstić information content (AvgIpc) is 2.09. The van der Waals surface area contributed by atoms with Gasteiger partial charge >= 0.3 is 0 Å². The van der Waals surface area contributed by atoms with Crippen molar-refractivity contribution in [2.75, 3.05) is 0 Å². The number of carbonyl (C=O) groups excluding carboxylic acids is 2. The molecule has 0 radical (unpaired) electrons. The average molecular weight is 173 g/mol. The molecule has 1 aliphatic rings. The van der Waals surface area contributed by atoms with Crippen LogP contribution in [0, 0.1) is 5.92 Å². The zero-order valence-electron chi connectivity index (χ0n) is 6.38. The maximum absolute atomic E-state index is 10.9. The van der Waals surface area contributed by atoms with Crippen molar-refractivity contribution in [3.63, 3.8) is 0 Å². The molecular weight excluding hydrogens is 162 g/mol. The predicted octanol–water partition coefficient (Wildman–Crippen LogP) is 1.76. The van der Waals surface area contributed by atoms with Gasteiger partial charge in [0.05, 0.1) is 4.91 Å². The standard InChI is InChI=1S/C7H9NO2S.H2/c1-4(2)3-5-6(9)8-7(10)11-5;/h3-4H,1-2H3,(H,8,9,10);1H/b5-3-;. The third-order valence-corrected chi connectivity index (χ3v) is 1.96. The quantitative estimate of drug-likeness (QED) is 0.614. The number of hydrogen-bond donors (Lipinski definition) is 1. The Morgan fingerprint density at radius 2 is 2.18 bits per heavy atom. The number of nitrogens with one attached hydrogen (secondary N) is 1. The summed E-state index contributed by atoms with van der Waals surface area (Å²) in [5.74, 6) is 0.0304. The Balaban J connectivity index is 0.00000121. The summed E-state index contributed by atoms with van der Waals surface area (Å²) in [7, 11) is 0. The number of allylic oxidation sites excluding steroid dienone is 1. The van der Waals surface area contributed by atoms with Gasteiger partial charge in [-0.1, -0.05) is 19.9 Å². The van der Waals surface area contributed by atoms with Crippen LogP contribution in [0.15, 0.2) is 11.0 Å². The summed E-state index contributed by atoms with van der Waals surface area (Å²) >= 11 is 0.964. The maximum atomic E-state index is 10.9. The normalized spacial score (nSPS) is 21.5. The molecule has 0 aliphatic carbocycles. The Labute approximate surface area is 70.7 Å². The Morgan fingerprint density at radius 1 is 1.55 bits per heavy atom. The molecule has 11 heavy (non-hydrogen) atoms. The van der Waals surface area contributed by atoms with E-state index >= 15 is 0 Å². The fourth-order valence-electron chi connectivity index (χ4n) is 0.738. The van der Waals surface area contributed by atoms with Gasteiger partial charge in [-0.3, -0.25) is 14.9 Å². The second kappa shape index (κ2) is 3.09. The summed E-state index contributed by atoms with van der Waals surface area (Å²) < 4.78 is 0. The predicted molar refractivity (Wildman–Crippen MR) is 46.2 cm³/mol. The van der Waals surface area contributed by atoms with E-state index in [2.05, 4.69) is 5.32 Å². The Kier molecular flexibility index (Phi) is 2.34. The first-order valence-corrected chi connectivity index (χ1v) is 4.16. The van der Waals surface area contributed by atoms with Crippen molar-refractivity contribution in [1.29, 1.82) is 0 Å². The van der Waals surface area contributed by atoms with Crippen LogP contribution < -0.4 is 5.32 Å². The van der Waals surface area contributed by atoms with Gasteiger partial charge in [0.25, 0.3) is 11.1 Å². The first kappa shape index (κ1) is 8.33. The topological polar surface area (TPSA) is 46.2 Å². The van der Waals surface area contributed by atoms with Gasteiger partial charge < -0.3 is 0 Å². The number of hydrogen-bond acceptors (Lipinski definition) is 3. The lowest BCUT2D eigenvalue weighted by molar-refractivity contribution is -0.115. The molecule has 3 nitrogen and oxygen atoms in total. The SMILES string of the molecule is CC(C)/C=C1\SC(=O)NC1=O.[HH]. The monoisotopic (exact) mass is 173 g/mol. The molecule has 1 fully saturated rings. The highest BCUT2D eigenvalue weighted by Crippen LogP contribution is 2.24. The molecule has 4 heteroatoms. The van der Waals surface area contributed by atoms with Crippen LogP contribution in [0.4, 0.5) is 4.79 Å². The maximum Gasteiger partial charge on any atom is 0.290 e. The van der Waals surface area contributed by atoms with Crippen LogP contribution in [-0.4, -0.2) is 11.1 Å². The van der Waals surface area contributed by atoms with Crippen LogP contribution in [0.5, 0.6) is 0 Å². The smallest absolute Gasteiger partial charge is 0.282 e. The van der Waals surface area contributed by atoms with E-state index in [0.717, 1.165) is 11.8 Å². The van der Waals surface area contributed by atoms with Crippen LogP contribution in [0.2, 0.25) is 0 Å². The Morgan fingerprint density at radius 3 is 2.55 bits per heavy atom. The number of amides is 2. The largest absolute Gasteiger partial charge is 0.290 e. The molecule has 0 aromatic rings. The number of imide groups is 1. The third-order valence-electron chi connectivity index (χ3n) is 1.13. The zero-order valence-corrected chi connectivity index (χ0v) is 7.20. The molecular formula is C7H11NO2S. The molecule has 0 atom stereocenters. The van der Waals surface area contributed by atoms with E-state index < -0.39 is 0 Å². The Bertz CT molecular complexity index is 238. The molecule has 1 N–H and O–H groups in total. The summed E-state index contributed by atoms with van der Waals surface area (Å²) in [5, 5.41) is 1.91. The van der Waals surface area contributed by atoms with E-state index in [9.17, 15) is 9.59 Å². The van der Waals surface area contributed by atoms with E-state index in [-0.39, 0.29) is 12.6 Å². The van der Waals surface area contributed by atoms with Crippen molar-refractivity contribution >= 4 is 22.9 Å². The van der Waals surface area contributed by atoms with Crippen LogP contribution in [-0.2, 0) is 4.79 Å². The number of thioether (sulfide) groups is 1. The fourth-order valence-corrected chi connectivity index (χ4v) is 1.57. The lowest BCUT2D eigenvalue weighted by Crippen LogP contribution is -2.18. The molecule has 0 spiro atoms. The van der Waals surface area contributed by atoms with Gasteiger partial charge in [-0.05, 0) is 17.7 Å². The summed E-state index contributed by atoms with van der Waals surface area (Å²) in [6.07, 6.45) is 1.78. The van der Waals surface area contributed by atoms with E-state index in [1.165, 1.54) is 0 Å². The minimum absolute atomic E-state index is 0. The molecule has 0 aromatic heterocycles. The first-order valence-electron chi connectivity index (χ1n) is 3.34. The first-order chi connectivity index (χ1) is 5.09. The van der Waals surface area contributed by atoms with Gasteiger partial charge in [0.2, 0.25) is 0 Å². The highest BCUT2D eigenvalue weighted by molar-refractivity contribution is 8.18. The summed E-state index contributed by atoms with van der Waals surface area (Å²) in [5.41, 5.74) is 0. The minimum Gasteiger partial charge on any atom is -0.282 e. The Hall–Kier alpha value is -0.770. The van der Waals surface area contributed by atoms with Gasteiger partial charge in [0.1, 0.15) is 0 Å². The summed E-state index contributed by atoms with van der Waals surface area (Å²) in [6, 6.07) is 0. The van der Waals surface area contributed by atoms with Crippen molar-refractivity contribution in [2.45, 2.75) is 13.8 Å².